The molecule has 0 radical (unpaired) electrons. The number of ether oxygens (including phenoxy) is 1. The van der Waals surface area contributed by atoms with E-state index in [2.05, 4.69) is 10.6 Å². The Labute approximate surface area is 90.8 Å². The van der Waals surface area contributed by atoms with Crippen LogP contribution in [-0.4, -0.2) is 38.8 Å². The fourth-order valence-electron chi connectivity index (χ4n) is 2.25. The van der Waals surface area contributed by atoms with Gasteiger partial charge in [0.25, 0.3) is 0 Å². The molecule has 0 bridgehead atoms. The van der Waals surface area contributed by atoms with E-state index in [9.17, 15) is 4.79 Å². The highest BCUT2D eigenvalue weighted by molar-refractivity contribution is 5.78. The van der Waals surface area contributed by atoms with Gasteiger partial charge in [0.2, 0.25) is 5.91 Å². The topological polar surface area (TPSA) is 50.4 Å². The summed E-state index contributed by atoms with van der Waals surface area (Å²) in [4.78, 5) is 11.6. The predicted octanol–water partition coefficient (Wildman–Crippen LogP) is 0.139. The molecule has 2 saturated heterocycles. The Bertz CT molecular complexity index is 209. The van der Waals surface area contributed by atoms with Crippen LogP contribution in [0.5, 0.6) is 0 Å². The van der Waals surface area contributed by atoms with Gasteiger partial charge in [0.1, 0.15) is 0 Å². The highest BCUT2D eigenvalue weighted by Gasteiger charge is 2.23. The molecule has 0 aromatic heterocycles. The summed E-state index contributed by atoms with van der Waals surface area (Å²) in [6, 6.07) is 0. The van der Waals surface area contributed by atoms with Crippen molar-refractivity contribution in [1.29, 1.82) is 0 Å². The van der Waals surface area contributed by atoms with E-state index < -0.39 is 0 Å². The molecule has 15 heavy (non-hydrogen) atoms. The first kappa shape index (κ1) is 10.9. The van der Waals surface area contributed by atoms with Gasteiger partial charge in [0.15, 0.2) is 0 Å². The first-order chi connectivity index (χ1) is 7.36. The fraction of sp³-hybridized carbons (Fsp3) is 0.909. The molecular weight excluding hydrogens is 192 g/mol. The third-order valence-electron chi connectivity index (χ3n) is 3.31. The highest BCUT2D eigenvalue weighted by atomic mass is 16.5. The lowest BCUT2D eigenvalue weighted by Gasteiger charge is -2.11. The molecule has 0 saturated carbocycles. The third-order valence-corrected chi connectivity index (χ3v) is 3.31. The van der Waals surface area contributed by atoms with Gasteiger partial charge >= 0.3 is 0 Å². The van der Waals surface area contributed by atoms with Gasteiger partial charge in [-0.3, -0.25) is 4.79 Å². The normalized spacial score (nSPS) is 30.7. The molecule has 0 aromatic rings. The van der Waals surface area contributed by atoms with E-state index in [4.69, 9.17) is 4.74 Å². The predicted molar refractivity (Wildman–Crippen MR) is 57.5 cm³/mol. The largest absolute Gasteiger partial charge is 0.381 e. The molecule has 4 nitrogen and oxygen atoms in total. The van der Waals surface area contributed by atoms with Crippen molar-refractivity contribution in [3.8, 4) is 0 Å². The summed E-state index contributed by atoms with van der Waals surface area (Å²) in [6.07, 6.45) is 3.24. The summed E-state index contributed by atoms with van der Waals surface area (Å²) >= 11 is 0. The number of nitrogens with one attached hydrogen (secondary N) is 2. The molecule has 0 aliphatic carbocycles. The molecule has 2 N–H and O–H groups in total. The maximum Gasteiger partial charge on any atom is 0.225 e. The Morgan fingerprint density at radius 2 is 2.40 bits per heavy atom. The maximum absolute atomic E-state index is 11.6. The first-order valence-electron chi connectivity index (χ1n) is 5.92. The Kier molecular flexibility index (Phi) is 3.97. The summed E-state index contributed by atoms with van der Waals surface area (Å²) in [5.74, 6) is 1.04. The zero-order valence-corrected chi connectivity index (χ0v) is 9.13. The SMILES string of the molecule is O=C(NCCC1CCNC1)C1CCOC1. The van der Waals surface area contributed by atoms with Gasteiger partial charge in [-0.25, -0.2) is 0 Å². The van der Waals surface area contributed by atoms with Gasteiger partial charge in [0.05, 0.1) is 12.5 Å². The molecule has 4 heteroatoms. The van der Waals surface area contributed by atoms with Crippen LogP contribution in [-0.2, 0) is 9.53 Å². The minimum absolute atomic E-state index is 0.103. The Morgan fingerprint density at radius 3 is 3.07 bits per heavy atom. The Hall–Kier alpha value is -0.610. The molecule has 2 aliphatic rings. The zero-order chi connectivity index (χ0) is 10.5. The molecule has 2 fully saturated rings. The number of rotatable bonds is 4. The molecular formula is C11H20N2O2. The van der Waals surface area contributed by atoms with Crippen LogP contribution < -0.4 is 10.6 Å². The molecule has 2 heterocycles. The smallest absolute Gasteiger partial charge is 0.225 e. The van der Waals surface area contributed by atoms with Crippen LogP contribution in [0.25, 0.3) is 0 Å². The molecule has 2 aliphatic heterocycles. The number of carbonyl (C=O) groups excluding carboxylic acids is 1. The number of amides is 1. The van der Waals surface area contributed by atoms with Crippen LogP contribution in [0.3, 0.4) is 0 Å². The van der Waals surface area contributed by atoms with E-state index in [1.807, 2.05) is 0 Å². The highest BCUT2D eigenvalue weighted by Crippen LogP contribution is 2.13. The van der Waals surface area contributed by atoms with Gasteiger partial charge in [0, 0.05) is 13.2 Å². The second kappa shape index (κ2) is 5.47. The Morgan fingerprint density at radius 1 is 1.47 bits per heavy atom. The van der Waals surface area contributed by atoms with Crippen LogP contribution >= 0.6 is 0 Å². The van der Waals surface area contributed by atoms with Crippen molar-refractivity contribution in [2.75, 3.05) is 32.8 Å². The molecule has 2 atom stereocenters. The molecule has 0 aromatic carbocycles. The van der Waals surface area contributed by atoms with Crippen LogP contribution in [0.1, 0.15) is 19.3 Å². The summed E-state index contributed by atoms with van der Waals surface area (Å²) < 4.78 is 5.19. The van der Waals surface area contributed by atoms with Crippen molar-refractivity contribution in [2.24, 2.45) is 11.8 Å². The second-order valence-corrected chi connectivity index (χ2v) is 4.50. The minimum Gasteiger partial charge on any atom is -0.381 e. The van der Waals surface area contributed by atoms with E-state index in [1.54, 1.807) is 0 Å². The van der Waals surface area contributed by atoms with E-state index >= 15 is 0 Å². The minimum atomic E-state index is 0.103. The van der Waals surface area contributed by atoms with E-state index in [1.165, 1.54) is 6.42 Å². The van der Waals surface area contributed by atoms with E-state index in [0.29, 0.717) is 6.61 Å². The van der Waals surface area contributed by atoms with Crippen LogP contribution in [0.15, 0.2) is 0 Å². The lowest BCUT2D eigenvalue weighted by Crippen LogP contribution is -2.32. The molecule has 2 unspecified atom stereocenters. The lowest BCUT2D eigenvalue weighted by molar-refractivity contribution is -0.124. The van der Waals surface area contributed by atoms with Crippen molar-refractivity contribution in [3.63, 3.8) is 0 Å². The summed E-state index contributed by atoms with van der Waals surface area (Å²) in [5, 5.41) is 6.34. The second-order valence-electron chi connectivity index (χ2n) is 4.50. The number of hydrogen-bond donors (Lipinski definition) is 2. The summed E-state index contributed by atoms with van der Waals surface area (Å²) in [5.41, 5.74) is 0. The van der Waals surface area contributed by atoms with Crippen molar-refractivity contribution in [2.45, 2.75) is 19.3 Å². The van der Waals surface area contributed by atoms with E-state index in [0.717, 1.165) is 45.0 Å². The average molecular weight is 212 g/mol. The van der Waals surface area contributed by atoms with Crippen molar-refractivity contribution in [3.05, 3.63) is 0 Å². The monoisotopic (exact) mass is 212 g/mol. The summed E-state index contributed by atoms with van der Waals surface area (Å²) in [6.45, 7) is 4.42. The van der Waals surface area contributed by atoms with Gasteiger partial charge in [-0.1, -0.05) is 0 Å². The van der Waals surface area contributed by atoms with Gasteiger partial charge < -0.3 is 15.4 Å². The first-order valence-corrected chi connectivity index (χ1v) is 5.92. The average Bonchev–Trinajstić information content (AvgIpc) is 2.90. The maximum atomic E-state index is 11.6. The lowest BCUT2D eigenvalue weighted by atomic mass is 10.0. The molecule has 2 rings (SSSR count). The van der Waals surface area contributed by atoms with Crippen LogP contribution in [0, 0.1) is 11.8 Å². The Balaban J connectivity index is 1.58. The number of hydrogen-bond acceptors (Lipinski definition) is 3. The summed E-state index contributed by atoms with van der Waals surface area (Å²) in [7, 11) is 0. The zero-order valence-electron chi connectivity index (χ0n) is 9.13. The van der Waals surface area contributed by atoms with Gasteiger partial charge in [-0.15, -0.1) is 0 Å². The third kappa shape index (κ3) is 3.18. The van der Waals surface area contributed by atoms with Crippen LogP contribution in [0.2, 0.25) is 0 Å². The molecule has 0 spiro atoms. The van der Waals surface area contributed by atoms with Gasteiger partial charge in [-0.05, 0) is 38.3 Å². The molecule has 1 amide bonds. The van der Waals surface area contributed by atoms with Gasteiger partial charge in [-0.2, -0.15) is 0 Å². The van der Waals surface area contributed by atoms with Crippen LogP contribution in [0.4, 0.5) is 0 Å². The van der Waals surface area contributed by atoms with Crippen molar-refractivity contribution in [1.82, 2.24) is 10.6 Å². The van der Waals surface area contributed by atoms with E-state index in [-0.39, 0.29) is 11.8 Å². The fourth-order valence-corrected chi connectivity index (χ4v) is 2.25. The quantitative estimate of drug-likeness (QED) is 0.697. The number of carbonyl (C=O) groups is 1. The van der Waals surface area contributed by atoms with Crippen molar-refractivity contribution < 1.29 is 9.53 Å². The standard InChI is InChI=1S/C11H20N2O2/c14-11(10-3-6-15-8-10)13-5-2-9-1-4-12-7-9/h9-10,12H,1-8H2,(H,13,14). The van der Waals surface area contributed by atoms with Crippen molar-refractivity contribution >= 4 is 5.91 Å². The molecule has 86 valence electrons.